The molecular weight excluding hydrogens is 415 g/mol. The van der Waals surface area contributed by atoms with Crippen LogP contribution in [0.1, 0.15) is 34.6 Å². The van der Waals surface area contributed by atoms with Crippen molar-refractivity contribution in [1.82, 2.24) is 9.71 Å². The molecule has 0 saturated carbocycles. The number of amides is 1. The molecule has 0 saturated heterocycles. The Balaban J connectivity index is 0.00000141. The van der Waals surface area contributed by atoms with Gasteiger partial charge in [-0.25, -0.2) is 9.37 Å². The summed E-state index contributed by atoms with van der Waals surface area (Å²) in [5.41, 5.74) is 4.38. The van der Waals surface area contributed by atoms with Gasteiger partial charge in [-0.15, -0.1) is 0 Å². The van der Waals surface area contributed by atoms with Crippen molar-refractivity contribution in [2.45, 2.75) is 13.8 Å². The number of imidazole rings is 1. The van der Waals surface area contributed by atoms with E-state index in [2.05, 4.69) is 10.3 Å². The van der Waals surface area contributed by atoms with Gasteiger partial charge in [-0.1, -0.05) is 13.8 Å². The van der Waals surface area contributed by atoms with E-state index in [9.17, 15) is 19.2 Å². The number of carbonyl (C=O) groups excluding carboxylic acids is 2. The van der Waals surface area contributed by atoms with E-state index in [1.165, 1.54) is 12.1 Å². The number of hydrogen-bond donors (Lipinski definition) is 4. The van der Waals surface area contributed by atoms with E-state index >= 15 is 0 Å². The van der Waals surface area contributed by atoms with Crippen LogP contribution in [0.15, 0.2) is 60.7 Å². The fourth-order valence-electron chi connectivity index (χ4n) is 3.06. The van der Waals surface area contributed by atoms with E-state index in [0.717, 1.165) is 16.9 Å². The standard InChI is InChI=1S/C21H15FN4O4.C2H6/c22-14-3-7-17(13(9-14)11-27)21(28)23-15-4-1-12(2-5-15)20-24-18-8-6-16(25-29)10-19(18)26(20)30;1-2/h1-11,25,29-30H,(H,23,28);1-2H3. The van der Waals surface area contributed by atoms with Gasteiger partial charge >= 0.3 is 0 Å². The smallest absolute Gasteiger partial charge is 0.256 e. The molecule has 4 rings (SSSR count). The Labute approximate surface area is 182 Å². The van der Waals surface area contributed by atoms with Crippen molar-refractivity contribution in [2.75, 3.05) is 10.8 Å². The lowest BCUT2D eigenvalue weighted by atomic mass is 10.1. The molecule has 1 aromatic heterocycles. The predicted molar refractivity (Wildman–Crippen MR) is 119 cm³/mol. The van der Waals surface area contributed by atoms with Crippen molar-refractivity contribution in [3.05, 3.63) is 77.6 Å². The largest absolute Gasteiger partial charge is 0.426 e. The SMILES string of the molecule is CC.O=Cc1cc(F)ccc1C(=O)Nc1ccc(-c2nc3ccc(NO)cc3n2O)cc1. The number of rotatable bonds is 5. The first kappa shape index (κ1) is 22.4. The van der Waals surface area contributed by atoms with Crippen LogP contribution in [0.5, 0.6) is 0 Å². The van der Waals surface area contributed by atoms with E-state index in [-0.39, 0.29) is 17.0 Å². The van der Waals surface area contributed by atoms with Gasteiger partial charge in [0.2, 0.25) is 0 Å². The van der Waals surface area contributed by atoms with Crippen LogP contribution in [-0.2, 0) is 0 Å². The second-order valence-corrected chi connectivity index (χ2v) is 6.44. The number of nitrogens with zero attached hydrogens (tertiary/aromatic N) is 2. The summed E-state index contributed by atoms with van der Waals surface area (Å²) in [6.45, 7) is 4.00. The minimum atomic E-state index is -0.605. The van der Waals surface area contributed by atoms with Gasteiger partial charge in [-0.05, 0) is 60.7 Å². The van der Waals surface area contributed by atoms with Gasteiger partial charge in [0.05, 0.1) is 16.8 Å². The van der Waals surface area contributed by atoms with E-state index in [1.807, 2.05) is 19.3 Å². The molecule has 0 aliphatic rings. The third-order valence-electron chi connectivity index (χ3n) is 4.55. The Bertz CT molecular complexity index is 1270. The molecule has 0 fully saturated rings. The summed E-state index contributed by atoms with van der Waals surface area (Å²) in [7, 11) is 0. The van der Waals surface area contributed by atoms with Gasteiger partial charge in [-0.3, -0.25) is 20.3 Å². The molecule has 0 radical (unpaired) electrons. The first-order chi connectivity index (χ1) is 15.5. The lowest BCUT2D eigenvalue weighted by Gasteiger charge is -2.08. The lowest BCUT2D eigenvalue weighted by Crippen LogP contribution is -2.14. The number of fused-ring (bicyclic) bond motifs is 1. The number of halogens is 1. The van der Waals surface area contributed by atoms with Gasteiger partial charge in [0.25, 0.3) is 5.91 Å². The number of benzene rings is 3. The summed E-state index contributed by atoms with van der Waals surface area (Å²) in [4.78, 5) is 27.9. The van der Waals surface area contributed by atoms with Crippen LogP contribution in [0, 0.1) is 5.82 Å². The molecule has 1 amide bonds. The van der Waals surface area contributed by atoms with Gasteiger partial charge in [0.1, 0.15) is 11.3 Å². The Morgan fingerprint density at radius 1 is 1.03 bits per heavy atom. The fourth-order valence-corrected chi connectivity index (χ4v) is 3.06. The maximum absolute atomic E-state index is 13.2. The molecule has 32 heavy (non-hydrogen) atoms. The summed E-state index contributed by atoms with van der Waals surface area (Å²) in [6, 6.07) is 14.7. The van der Waals surface area contributed by atoms with E-state index < -0.39 is 11.7 Å². The number of anilines is 2. The quantitative estimate of drug-likeness (QED) is 0.199. The van der Waals surface area contributed by atoms with Crippen molar-refractivity contribution in [1.29, 1.82) is 0 Å². The highest BCUT2D eigenvalue weighted by molar-refractivity contribution is 6.08. The summed E-state index contributed by atoms with van der Waals surface area (Å²) in [5.74, 6) is -0.880. The van der Waals surface area contributed by atoms with Gasteiger partial charge < -0.3 is 10.5 Å². The van der Waals surface area contributed by atoms with Crippen molar-refractivity contribution < 1.29 is 24.4 Å². The number of aromatic nitrogens is 2. The van der Waals surface area contributed by atoms with Gasteiger partial charge in [0, 0.05) is 16.8 Å². The molecule has 0 spiro atoms. The number of nitrogens with one attached hydrogen (secondary N) is 2. The molecule has 0 aliphatic carbocycles. The van der Waals surface area contributed by atoms with Crippen molar-refractivity contribution in [2.24, 2.45) is 0 Å². The summed E-state index contributed by atoms with van der Waals surface area (Å²) in [6.07, 6.45) is 0.421. The van der Waals surface area contributed by atoms with Crippen LogP contribution >= 0.6 is 0 Å². The molecule has 9 heteroatoms. The third kappa shape index (κ3) is 4.42. The van der Waals surface area contributed by atoms with E-state index in [0.29, 0.717) is 34.3 Å². The Morgan fingerprint density at radius 3 is 2.38 bits per heavy atom. The maximum atomic E-state index is 13.2. The van der Waals surface area contributed by atoms with Crippen LogP contribution in [0.2, 0.25) is 0 Å². The topological polar surface area (TPSA) is 116 Å². The van der Waals surface area contributed by atoms with Gasteiger partial charge in [-0.2, -0.15) is 4.73 Å². The first-order valence-corrected chi connectivity index (χ1v) is 9.78. The average molecular weight is 436 g/mol. The molecule has 0 bridgehead atoms. The number of aldehydes is 1. The molecule has 1 heterocycles. The molecule has 164 valence electrons. The highest BCUT2D eigenvalue weighted by Gasteiger charge is 2.15. The Morgan fingerprint density at radius 2 is 1.72 bits per heavy atom. The van der Waals surface area contributed by atoms with Crippen molar-refractivity contribution in [3.63, 3.8) is 0 Å². The molecule has 8 nitrogen and oxygen atoms in total. The van der Waals surface area contributed by atoms with E-state index in [1.54, 1.807) is 36.4 Å². The molecule has 0 atom stereocenters. The van der Waals surface area contributed by atoms with Crippen LogP contribution in [0.25, 0.3) is 22.4 Å². The average Bonchev–Trinajstić information content (AvgIpc) is 3.16. The first-order valence-electron chi connectivity index (χ1n) is 9.78. The summed E-state index contributed by atoms with van der Waals surface area (Å²) >= 11 is 0. The predicted octanol–water partition coefficient (Wildman–Crippen LogP) is 4.97. The van der Waals surface area contributed by atoms with E-state index in [4.69, 9.17) is 5.21 Å². The maximum Gasteiger partial charge on any atom is 0.256 e. The third-order valence-corrected chi connectivity index (χ3v) is 4.55. The molecule has 0 aliphatic heterocycles. The van der Waals surface area contributed by atoms with Crippen molar-refractivity contribution in [3.8, 4) is 11.4 Å². The second kappa shape index (κ2) is 9.71. The molecule has 4 aromatic rings. The zero-order valence-electron chi connectivity index (χ0n) is 17.3. The molecular formula is C23H21FN4O4. The fraction of sp³-hybridized carbons (Fsp3) is 0.0870. The summed E-state index contributed by atoms with van der Waals surface area (Å²) in [5, 5.41) is 22.1. The Kier molecular flexibility index (Phi) is 6.81. The zero-order chi connectivity index (χ0) is 23.3. The van der Waals surface area contributed by atoms with Gasteiger partial charge in [0.15, 0.2) is 12.1 Å². The number of carbonyl (C=O) groups is 2. The highest BCUT2D eigenvalue weighted by atomic mass is 19.1. The molecule has 0 unspecified atom stereocenters. The highest BCUT2D eigenvalue weighted by Crippen LogP contribution is 2.26. The minimum absolute atomic E-state index is 0.0464. The lowest BCUT2D eigenvalue weighted by molar-refractivity contribution is 0.101. The zero-order valence-corrected chi connectivity index (χ0v) is 17.3. The molecule has 3 aromatic carbocycles. The van der Waals surface area contributed by atoms with Crippen LogP contribution in [-0.4, -0.2) is 32.3 Å². The van der Waals surface area contributed by atoms with Crippen LogP contribution < -0.4 is 10.8 Å². The normalized spacial score (nSPS) is 10.2. The van der Waals surface area contributed by atoms with Crippen molar-refractivity contribution >= 4 is 34.6 Å². The molecule has 4 N–H and O–H groups in total. The summed E-state index contributed by atoms with van der Waals surface area (Å²) < 4.78 is 14.1. The second-order valence-electron chi connectivity index (χ2n) is 6.44. The number of hydrogen-bond acceptors (Lipinski definition) is 6. The minimum Gasteiger partial charge on any atom is -0.426 e. The monoisotopic (exact) mass is 436 g/mol. The van der Waals surface area contributed by atoms with Crippen LogP contribution in [0.3, 0.4) is 0 Å². The van der Waals surface area contributed by atoms with Crippen LogP contribution in [0.4, 0.5) is 15.8 Å². The Hall–Kier alpha value is -4.24.